The van der Waals surface area contributed by atoms with E-state index in [2.05, 4.69) is 5.32 Å². The minimum Gasteiger partial charge on any atom is -0.493 e. The number of carbonyl (C=O) groups excluding carboxylic acids is 2. The zero-order valence-electron chi connectivity index (χ0n) is 21.5. The third-order valence-electron chi connectivity index (χ3n) is 5.95. The molecule has 9 nitrogen and oxygen atoms in total. The lowest BCUT2D eigenvalue weighted by Gasteiger charge is -2.32. The zero-order chi connectivity index (χ0) is 27.9. The van der Waals surface area contributed by atoms with Gasteiger partial charge in [-0.2, -0.15) is 0 Å². The van der Waals surface area contributed by atoms with Gasteiger partial charge in [-0.15, -0.1) is 0 Å². The number of halogens is 1. The molecule has 11 heteroatoms. The molecule has 1 atom stereocenters. The molecule has 3 aromatic carbocycles. The molecule has 0 fully saturated rings. The van der Waals surface area contributed by atoms with Gasteiger partial charge in [0, 0.05) is 19.7 Å². The van der Waals surface area contributed by atoms with Crippen LogP contribution in [0.2, 0.25) is 0 Å². The topological polar surface area (TPSA) is 105 Å². The van der Waals surface area contributed by atoms with Crippen LogP contribution in [0.25, 0.3) is 0 Å². The van der Waals surface area contributed by atoms with E-state index in [4.69, 9.17) is 9.47 Å². The van der Waals surface area contributed by atoms with Crippen molar-refractivity contribution in [3.05, 3.63) is 84.2 Å². The summed E-state index contributed by atoms with van der Waals surface area (Å²) in [5.74, 6) is -0.873. The fraction of sp³-hybridized carbons (Fsp3) is 0.259. The van der Waals surface area contributed by atoms with Gasteiger partial charge < -0.3 is 19.7 Å². The second-order valence-corrected chi connectivity index (χ2v) is 10.2. The van der Waals surface area contributed by atoms with Crippen molar-refractivity contribution in [3.8, 4) is 11.5 Å². The average Bonchev–Trinajstić information content (AvgIpc) is 2.94. The molecule has 0 saturated heterocycles. The van der Waals surface area contributed by atoms with Gasteiger partial charge in [0.1, 0.15) is 18.4 Å². The van der Waals surface area contributed by atoms with Crippen molar-refractivity contribution in [2.45, 2.75) is 24.4 Å². The summed E-state index contributed by atoms with van der Waals surface area (Å²) in [7, 11) is 0.0881. The monoisotopic (exact) mass is 543 g/mol. The van der Waals surface area contributed by atoms with Gasteiger partial charge >= 0.3 is 0 Å². The van der Waals surface area contributed by atoms with Crippen molar-refractivity contribution in [2.75, 3.05) is 32.1 Å². The quantitative estimate of drug-likeness (QED) is 0.398. The number of likely N-dealkylation sites (N-methyl/N-ethyl adjacent to an activating group) is 1. The molecule has 2 amide bonds. The molecule has 0 aliphatic rings. The standard InChI is InChI=1S/C27H30FN3O6S/c1-19(27(33)29-2)30(17-20-10-12-21(28)13-11-20)26(32)18-31(38(34,35)23-8-6-5-7-9-23)22-14-15-24(36-3)25(16-22)37-4/h5-16,19H,17-18H2,1-4H3,(H,29,33)/t19-/m1/s1. The highest BCUT2D eigenvalue weighted by Gasteiger charge is 2.32. The molecule has 1 N–H and O–H groups in total. The summed E-state index contributed by atoms with van der Waals surface area (Å²) in [5, 5.41) is 2.51. The Morgan fingerprint density at radius 2 is 1.58 bits per heavy atom. The Kier molecular flexibility index (Phi) is 9.30. The van der Waals surface area contributed by atoms with Crippen molar-refractivity contribution in [1.82, 2.24) is 10.2 Å². The van der Waals surface area contributed by atoms with E-state index in [1.165, 1.54) is 87.7 Å². The molecule has 3 aromatic rings. The Labute approximate surface area is 221 Å². The first-order valence-electron chi connectivity index (χ1n) is 11.7. The van der Waals surface area contributed by atoms with Gasteiger partial charge in [0.2, 0.25) is 11.8 Å². The fourth-order valence-electron chi connectivity index (χ4n) is 3.81. The second kappa shape index (κ2) is 12.4. The number of ether oxygens (including phenoxy) is 2. The molecule has 0 aromatic heterocycles. The van der Waals surface area contributed by atoms with Crippen LogP contribution in [-0.4, -0.2) is 59.0 Å². The van der Waals surface area contributed by atoms with E-state index in [9.17, 15) is 22.4 Å². The summed E-state index contributed by atoms with van der Waals surface area (Å²) >= 11 is 0. The third kappa shape index (κ3) is 6.41. The van der Waals surface area contributed by atoms with Crippen LogP contribution in [0.1, 0.15) is 12.5 Å². The number of nitrogens with one attached hydrogen (secondary N) is 1. The maximum Gasteiger partial charge on any atom is 0.264 e. The highest BCUT2D eigenvalue weighted by molar-refractivity contribution is 7.92. The van der Waals surface area contributed by atoms with Crippen molar-refractivity contribution < 1.29 is 31.9 Å². The number of nitrogens with zero attached hydrogens (tertiary/aromatic N) is 2. The van der Waals surface area contributed by atoms with Crippen LogP contribution in [0, 0.1) is 5.82 Å². The van der Waals surface area contributed by atoms with E-state index >= 15 is 0 Å². The minimum atomic E-state index is -4.22. The summed E-state index contributed by atoms with van der Waals surface area (Å²) in [5.41, 5.74) is 0.730. The van der Waals surface area contributed by atoms with Gasteiger partial charge in [-0.05, 0) is 48.9 Å². The van der Waals surface area contributed by atoms with E-state index in [0.717, 1.165) is 4.31 Å². The Morgan fingerprint density at radius 3 is 2.16 bits per heavy atom. The Balaban J connectivity index is 2.07. The first-order valence-corrected chi connectivity index (χ1v) is 13.1. The number of carbonyl (C=O) groups is 2. The fourth-order valence-corrected chi connectivity index (χ4v) is 5.23. The molecule has 3 rings (SSSR count). The molecule has 0 unspecified atom stereocenters. The van der Waals surface area contributed by atoms with Crippen molar-refractivity contribution in [1.29, 1.82) is 0 Å². The Hall–Kier alpha value is -4.12. The van der Waals surface area contributed by atoms with Gasteiger partial charge in [-0.25, -0.2) is 12.8 Å². The van der Waals surface area contributed by atoms with Crippen LogP contribution < -0.4 is 19.1 Å². The molecule has 0 aliphatic carbocycles. The van der Waals surface area contributed by atoms with E-state index in [-0.39, 0.29) is 22.9 Å². The molecule has 0 saturated carbocycles. The minimum absolute atomic E-state index is 0.0213. The van der Waals surface area contributed by atoms with Gasteiger partial charge in [-0.3, -0.25) is 13.9 Å². The first kappa shape index (κ1) is 28.5. The smallest absolute Gasteiger partial charge is 0.264 e. The number of hydrogen-bond acceptors (Lipinski definition) is 6. The molecule has 0 bridgehead atoms. The molecule has 0 radical (unpaired) electrons. The Bertz CT molecular complexity index is 1370. The van der Waals surface area contributed by atoms with Crippen molar-refractivity contribution in [2.24, 2.45) is 0 Å². The van der Waals surface area contributed by atoms with Crippen LogP contribution in [0.4, 0.5) is 10.1 Å². The van der Waals surface area contributed by atoms with E-state index in [0.29, 0.717) is 11.3 Å². The predicted octanol–water partition coefficient (Wildman–Crippen LogP) is 3.20. The zero-order valence-corrected chi connectivity index (χ0v) is 22.4. The lowest BCUT2D eigenvalue weighted by Crippen LogP contribution is -2.50. The number of anilines is 1. The summed E-state index contributed by atoms with van der Waals surface area (Å²) in [6.45, 7) is 0.876. The SMILES string of the molecule is CNC(=O)[C@@H](C)N(Cc1ccc(F)cc1)C(=O)CN(c1ccc(OC)c(OC)c1)S(=O)(=O)c1ccccc1. The number of methoxy groups -OCH3 is 2. The second-order valence-electron chi connectivity index (χ2n) is 8.30. The number of sulfonamides is 1. The largest absolute Gasteiger partial charge is 0.493 e. The van der Waals surface area contributed by atoms with Crippen molar-refractivity contribution in [3.63, 3.8) is 0 Å². The van der Waals surface area contributed by atoms with Gasteiger partial charge in [0.25, 0.3) is 10.0 Å². The van der Waals surface area contributed by atoms with E-state index < -0.39 is 40.2 Å². The summed E-state index contributed by atoms with van der Waals surface area (Å²) < 4.78 is 52.6. The normalized spacial score (nSPS) is 11.8. The third-order valence-corrected chi connectivity index (χ3v) is 7.73. The lowest BCUT2D eigenvalue weighted by molar-refractivity contribution is -0.139. The summed E-state index contributed by atoms with van der Waals surface area (Å²) in [6.07, 6.45) is 0. The molecular formula is C27H30FN3O6S. The van der Waals surface area contributed by atoms with Crippen LogP contribution in [0.15, 0.2) is 77.7 Å². The molecule has 0 spiro atoms. The number of benzene rings is 3. The lowest BCUT2D eigenvalue weighted by atomic mass is 10.1. The summed E-state index contributed by atoms with van der Waals surface area (Å²) in [6, 6.07) is 16.7. The molecule has 38 heavy (non-hydrogen) atoms. The highest BCUT2D eigenvalue weighted by atomic mass is 32.2. The summed E-state index contributed by atoms with van der Waals surface area (Å²) in [4.78, 5) is 27.5. The molecule has 202 valence electrons. The van der Waals surface area contributed by atoms with Gasteiger partial charge in [-0.1, -0.05) is 30.3 Å². The number of amides is 2. The van der Waals surface area contributed by atoms with E-state index in [1.807, 2.05) is 0 Å². The van der Waals surface area contributed by atoms with E-state index in [1.54, 1.807) is 18.2 Å². The van der Waals surface area contributed by atoms with Crippen LogP contribution in [-0.2, 0) is 26.2 Å². The van der Waals surface area contributed by atoms with Crippen LogP contribution >= 0.6 is 0 Å². The Morgan fingerprint density at radius 1 is 0.947 bits per heavy atom. The molecular weight excluding hydrogens is 513 g/mol. The van der Waals surface area contributed by atoms with Gasteiger partial charge in [0.05, 0.1) is 24.8 Å². The van der Waals surface area contributed by atoms with Crippen LogP contribution in [0.5, 0.6) is 11.5 Å². The number of rotatable bonds is 11. The molecule has 0 aliphatic heterocycles. The van der Waals surface area contributed by atoms with Crippen molar-refractivity contribution >= 4 is 27.5 Å². The van der Waals surface area contributed by atoms with Gasteiger partial charge in [0.15, 0.2) is 11.5 Å². The predicted molar refractivity (Wildman–Crippen MR) is 141 cm³/mol. The van der Waals surface area contributed by atoms with Crippen LogP contribution in [0.3, 0.4) is 0 Å². The maximum atomic E-state index is 13.8. The average molecular weight is 544 g/mol. The highest BCUT2D eigenvalue weighted by Crippen LogP contribution is 2.34. The number of hydrogen-bond donors (Lipinski definition) is 1. The first-order chi connectivity index (χ1) is 18.1. The maximum absolute atomic E-state index is 13.8. The molecule has 0 heterocycles.